The van der Waals surface area contributed by atoms with Crippen LogP contribution in [-0.4, -0.2) is 11.1 Å². The molecule has 0 spiro atoms. The first-order valence-corrected chi connectivity index (χ1v) is 9.56. The van der Waals surface area contributed by atoms with Crippen molar-refractivity contribution in [3.63, 3.8) is 0 Å². The van der Waals surface area contributed by atoms with Crippen LogP contribution in [0.2, 0.25) is 0 Å². The van der Waals surface area contributed by atoms with Crippen molar-refractivity contribution in [3.8, 4) is 16.9 Å². The molecule has 0 bridgehead atoms. The van der Waals surface area contributed by atoms with Crippen LogP contribution in [0, 0.1) is 0 Å². The highest BCUT2D eigenvalue weighted by Crippen LogP contribution is 2.32. The van der Waals surface area contributed by atoms with Crippen LogP contribution in [0.25, 0.3) is 22.1 Å². The number of furan rings is 1. The summed E-state index contributed by atoms with van der Waals surface area (Å²) in [6.07, 6.45) is 1.51. The maximum Gasteiger partial charge on any atom is 0.307 e. The van der Waals surface area contributed by atoms with Crippen LogP contribution in [-0.2, 0) is 24.4 Å². The molecule has 160 valence electrons. The minimum absolute atomic E-state index is 0. The summed E-state index contributed by atoms with van der Waals surface area (Å²) < 4.78 is 11.7. The van der Waals surface area contributed by atoms with Crippen LogP contribution in [0.1, 0.15) is 24.1 Å². The van der Waals surface area contributed by atoms with E-state index in [9.17, 15) is 4.79 Å². The van der Waals surface area contributed by atoms with E-state index >= 15 is 0 Å². The highest BCUT2D eigenvalue weighted by Gasteiger charge is 2.13. The molecular weight excluding hydrogens is 392 g/mol. The number of nitrogens with two attached hydrogens (primary N) is 2. The third-order valence-corrected chi connectivity index (χ3v) is 4.91. The zero-order valence-corrected chi connectivity index (χ0v) is 16.3. The van der Waals surface area contributed by atoms with Gasteiger partial charge in [0.15, 0.2) is 0 Å². The maximum absolute atomic E-state index is 11.2. The molecule has 0 unspecified atom stereocenters. The monoisotopic (exact) mass is 418 g/mol. The Morgan fingerprint density at radius 1 is 1.03 bits per heavy atom. The van der Waals surface area contributed by atoms with Crippen molar-refractivity contribution in [3.05, 3.63) is 83.6 Å². The van der Waals surface area contributed by atoms with Crippen molar-refractivity contribution in [1.29, 1.82) is 0 Å². The molecule has 0 saturated carbocycles. The van der Waals surface area contributed by atoms with E-state index in [0.717, 1.165) is 33.2 Å². The molecule has 6 nitrogen and oxygen atoms in total. The summed E-state index contributed by atoms with van der Waals surface area (Å²) in [6, 6.07) is 19.0. The van der Waals surface area contributed by atoms with Gasteiger partial charge in [-0.3, -0.25) is 4.79 Å². The topological polar surface area (TPSA) is 112 Å². The smallest absolute Gasteiger partial charge is 0.307 e. The summed E-state index contributed by atoms with van der Waals surface area (Å²) in [7, 11) is 0. The van der Waals surface area contributed by atoms with Crippen molar-refractivity contribution in [2.24, 2.45) is 5.73 Å². The standard InChI is InChI=1S/C24H22N2O4.CH4/c25-13-15-2-1-3-17(8-15)21-10-16(9-18-6-7-29-24(18)21)14-30-22-5-4-20(26)11-19(22)12-23(27)28;/h1-11H,12-14,25-26H2,(H,27,28);1H4. The van der Waals surface area contributed by atoms with Crippen molar-refractivity contribution in [2.75, 3.05) is 5.73 Å². The van der Waals surface area contributed by atoms with Gasteiger partial charge in [-0.1, -0.05) is 25.6 Å². The van der Waals surface area contributed by atoms with Gasteiger partial charge in [0.05, 0.1) is 12.7 Å². The molecule has 4 aromatic rings. The lowest BCUT2D eigenvalue weighted by molar-refractivity contribution is -0.136. The van der Waals surface area contributed by atoms with Gasteiger partial charge < -0.3 is 25.7 Å². The number of hydrogen-bond acceptors (Lipinski definition) is 5. The molecule has 0 aliphatic rings. The second kappa shape index (κ2) is 9.36. The summed E-state index contributed by atoms with van der Waals surface area (Å²) in [5, 5.41) is 10.1. The predicted octanol–water partition coefficient (Wildman–Crippen LogP) is 4.98. The molecule has 4 rings (SSSR count). The highest BCUT2D eigenvalue weighted by atomic mass is 16.5. The van der Waals surface area contributed by atoms with E-state index in [1.807, 2.05) is 42.5 Å². The van der Waals surface area contributed by atoms with E-state index in [0.29, 0.717) is 23.5 Å². The first-order valence-electron chi connectivity index (χ1n) is 9.56. The fourth-order valence-corrected chi connectivity index (χ4v) is 3.51. The van der Waals surface area contributed by atoms with Crippen molar-refractivity contribution < 1.29 is 19.1 Å². The van der Waals surface area contributed by atoms with E-state index in [4.69, 9.17) is 25.7 Å². The van der Waals surface area contributed by atoms with Gasteiger partial charge in [-0.05, 0) is 59.2 Å². The number of carbonyl (C=O) groups is 1. The molecule has 0 fully saturated rings. The van der Waals surface area contributed by atoms with Gasteiger partial charge in [-0.15, -0.1) is 0 Å². The predicted molar refractivity (Wildman–Crippen MR) is 123 cm³/mol. The molecular formula is C25H26N2O4. The molecule has 0 radical (unpaired) electrons. The average molecular weight is 418 g/mol. The summed E-state index contributed by atoms with van der Waals surface area (Å²) in [5.41, 5.74) is 17.4. The van der Waals surface area contributed by atoms with Crippen LogP contribution in [0.15, 0.2) is 71.3 Å². The molecule has 31 heavy (non-hydrogen) atoms. The first-order chi connectivity index (χ1) is 14.5. The van der Waals surface area contributed by atoms with Crippen molar-refractivity contribution in [1.82, 2.24) is 0 Å². The number of ether oxygens (including phenoxy) is 1. The number of carboxylic acids is 1. The van der Waals surface area contributed by atoms with E-state index in [-0.39, 0.29) is 20.5 Å². The molecule has 3 aromatic carbocycles. The minimum Gasteiger partial charge on any atom is -0.489 e. The SMILES string of the molecule is C.NCc1cccc(-c2cc(COc3ccc(N)cc3CC(=O)O)cc3ccoc23)c1. The zero-order valence-electron chi connectivity index (χ0n) is 16.3. The Hall–Kier alpha value is -3.77. The fourth-order valence-electron chi connectivity index (χ4n) is 3.51. The number of carboxylic acid groups (broad SMARTS) is 1. The lowest BCUT2D eigenvalue weighted by Gasteiger charge is -2.13. The van der Waals surface area contributed by atoms with Gasteiger partial charge in [0.25, 0.3) is 0 Å². The number of benzene rings is 3. The average Bonchev–Trinajstić information content (AvgIpc) is 3.21. The third-order valence-electron chi connectivity index (χ3n) is 4.91. The van der Waals surface area contributed by atoms with Crippen molar-refractivity contribution >= 4 is 22.6 Å². The van der Waals surface area contributed by atoms with Gasteiger partial charge in [-0.2, -0.15) is 0 Å². The zero-order chi connectivity index (χ0) is 21.1. The molecule has 0 amide bonds. The molecule has 1 aromatic heterocycles. The van der Waals surface area contributed by atoms with Crippen LogP contribution >= 0.6 is 0 Å². The largest absolute Gasteiger partial charge is 0.489 e. The molecule has 0 aliphatic heterocycles. The van der Waals surface area contributed by atoms with Crippen LogP contribution < -0.4 is 16.2 Å². The van der Waals surface area contributed by atoms with E-state index in [2.05, 4.69) is 0 Å². The Balaban J connectivity index is 0.00000272. The first kappa shape index (κ1) is 21.9. The lowest BCUT2D eigenvalue weighted by atomic mass is 9.99. The molecule has 6 heteroatoms. The molecule has 0 saturated heterocycles. The highest BCUT2D eigenvalue weighted by molar-refractivity contribution is 5.93. The third kappa shape index (κ3) is 4.87. The van der Waals surface area contributed by atoms with E-state index < -0.39 is 5.97 Å². The Kier molecular flexibility index (Phi) is 6.62. The molecule has 1 heterocycles. The number of nitrogen functional groups attached to an aromatic ring is 1. The van der Waals surface area contributed by atoms with Gasteiger partial charge in [0.1, 0.15) is 17.9 Å². The second-order valence-corrected chi connectivity index (χ2v) is 7.11. The van der Waals surface area contributed by atoms with Crippen molar-refractivity contribution in [2.45, 2.75) is 27.0 Å². The summed E-state index contributed by atoms with van der Waals surface area (Å²) in [6.45, 7) is 0.739. The fraction of sp³-hybridized carbons (Fsp3) is 0.160. The van der Waals surface area contributed by atoms with Gasteiger partial charge in [0.2, 0.25) is 0 Å². The van der Waals surface area contributed by atoms with Crippen LogP contribution in [0.3, 0.4) is 0 Å². The Bertz CT molecular complexity index is 1210. The Morgan fingerprint density at radius 2 is 1.87 bits per heavy atom. The minimum atomic E-state index is -0.938. The van der Waals surface area contributed by atoms with Crippen LogP contribution in [0.5, 0.6) is 5.75 Å². The normalized spacial score (nSPS) is 10.6. The molecule has 0 atom stereocenters. The van der Waals surface area contributed by atoms with Gasteiger partial charge >= 0.3 is 5.97 Å². The second-order valence-electron chi connectivity index (χ2n) is 7.11. The number of anilines is 1. The lowest BCUT2D eigenvalue weighted by Crippen LogP contribution is -2.05. The summed E-state index contributed by atoms with van der Waals surface area (Å²) >= 11 is 0. The number of aliphatic carboxylic acids is 1. The quantitative estimate of drug-likeness (QED) is 0.365. The number of rotatable bonds is 7. The molecule has 0 aliphatic carbocycles. The maximum atomic E-state index is 11.2. The number of fused-ring (bicyclic) bond motifs is 1. The van der Waals surface area contributed by atoms with Crippen LogP contribution in [0.4, 0.5) is 5.69 Å². The van der Waals surface area contributed by atoms with E-state index in [1.165, 1.54) is 0 Å². The van der Waals surface area contributed by atoms with Gasteiger partial charge in [0, 0.05) is 28.7 Å². The Labute approximate surface area is 181 Å². The van der Waals surface area contributed by atoms with Gasteiger partial charge in [-0.25, -0.2) is 0 Å². The summed E-state index contributed by atoms with van der Waals surface area (Å²) in [4.78, 5) is 11.2. The Morgan fingerprint density at radius 3 is 2.65 bits per heavy atom. The number of hydrogen-bond donors (Lipinski definition) is 3. The summed E-state index contributed by atoms with van der Waals surface area (Å²) in [5.74, 6) is -0.432. The molecule has 5 N–H and O–H groups in total. The van der Waals surface area contributed by atoms with E-state index in [1.54, 1.807) is 24.5 Å².